The van der Waals surface area contributed by atoms with Crippen LogP contribution in [0.15, 0.2) is 0 Å². The van der Waals surface area contributed by atoms with Gasteiger partial charge in [-0.25, -0.2) is 0 Å². The molecule has 1 aromatic rings. The van der Waals surface area contributed by atoms with Gasteiger partial charge in [-0.1, -0.05) is 6.92 Å². The molecule has 21 heavy (non-hydrogen) atoms. The first kappa shape index (κ1) is 15.5. The minimum atomic E-state index is -0.466. The fraction of sp³-hybridized carbons (Fsp3) is 0.667. The Hall–Kier alpha value is -1.85. The number of amides is 2. The van der Waals surface area contributed by atoms with E-state index in [2.05, 4.69) is 24.3 Å². The molecule has 1 aliphatic rings. The standard InChI is InChI=1S/C15H24N4O2/c1-6-7-18-13(20)8-12(15(18)21)16-14-10(4)17-19(9(2)3)11(14)5/h9,12,16H,6-8H2,1-5H3. The lowest BCUT2D eigenvalue weighted by Gasteiger charge is -2.15. The minimum Gasteiger partial charge on any atom is -0.370 e. The summed E-state index contributed by atoms with van der Waals surface area (Å²) in [6.45, 7) is 10.5. The van der Waals surface area contributed by atoms with Gasteiger partial charge < -0.3 is 5.32 Å². The van der Waals surface area contributed by atoms with Crippen LogP contribution in [0.5, 0.6) is 0 Å². The van der Waals surface area contributed by atoms with Crippen molar-refractivity contribution in [1.29, 1.82) is 0 Å². The first-order valence-electron chi connectivity index (χ1n) is 7.53. The van der Waals surface area contributed by atoms with E-state index in [1.165, 1.54) is 4.90 Å². The molecule has 6 heteroatoms. The molecule has 0 aromatic carbocycles. The SMILES string of the molecule is CCCN1C(=O)CC(Nc2c(C)nn(C(C)C)c2C)C1=O. The van der Waals surface area contributed by atoms with Gasteiger partial charge in [0.05, 0.1) is 23.5 Å². The van der Waals surface area contributed by atoms with Crippen LogP contribution in [0.25, 0.3) is 0 Å². The van der Waals surface area contributed by atoms with Crippen LogP contribution in [0.3, 0.4) is 0 Å². The number of imide groups is 1. The highest BCUT2D eigenvalue weighted by atomic mass is 16.2. The van der Waals surface area contributed by atoms with Crippen molar-refractivity contribution in [2.75, 3.05) is 11.9 Å². The van der Waals surface area contributed by atoms with E-state index in [0.29, 0.717) is 6.54 Å². The van der Waals surface area contributed by atoms with Gasteiger partial charge in [-0.3, -0.25) is 19.2 Å². The fourth-order valence-electron chi connectivity index (χ4n) is 2.80. The molecule has 0 spiro atoms. The zero-order valence-corrected chi connectivity index (χ0v) is 13.4. The van der Waals surface area contributed by atoms with Crippen molar-refractivity contribution in [2.45, 2.75) is 59.5 Å². The van der Waals surface area contributed by atoms with E-state index in [1.807, 2.05) is 25.5 Å². The normalized spacial score (nSPS) is 19.0. The first-order chi connectivity index (χ1) is 9.86. The topological polar surface area (TPSA) is 67.2 Å². The molecule has 0 aliphatic carbocycles. The number of hydrogen-bond acceptors (Lipinski definition) is 4. The molecule has 2 amide bonds. The van der Waals surface area contributed by atoms with E-state index < -0.39 is 6.04 Å². The van der Waals surface area contributed by atoms with E-state index in [9.17, 15) is 9.59 Å². The number of likely N-dealkylation sites (tertiary alicyclic amines) is 1. The Bertz CT molecular complexity index is 562. The third kappa shape index (κ3) is 2.80. The molecule has 1 aromatic heterocycles. The summed E-state index contributed by atoms with van der Waals surface area (Å²) < 4.78 is 1.93. The second kappa shape index (κ2) is 5.87. The van der Waals surface area contributed by atoms with Crippen molar-refractivity contribution < 1.29 is 9.59 Å². The van der Waals surface area contributed by atoms with Crippen LogP contribution in [0.2, 0.25) is 0 Å². The van der Waals surface area contributed by atoms with E-state index in [4.69, 9.17) is 0 Å². The summed E-state index contributed by atoms with van der Waals surface area (Å²) in [5.41, 5.74) is 2.72. The van der Waals surface area contributed by atoms with Gasteiger partial charge in [0.2, 0.25) is 5.91 Å². The van der Waals surface area contributed by atoms with Gasteiger partial charge in [0.25, 0.3) is 5.91 Å². The summed E-state index contributed by atoms with van der Waals surface area (Å²) in [6, 6.07) is -0.206. The molecule has 2 rings (SSSR count). The van der Waals surface area contributed by atoms with Crippen molar-refractivity contribution in [2.24, 2.45) is 0 Å². The number of anilines is 1. The van der Waals surface area contributed by atoms with Crippen LogP contribution in [0.4, 0.5) is 5.69 Å². The minimum absolute atomic E-state index is 0.0918. The van der Waals surface area contributed by atoms with Crippen LogP contribution < -0.4 is 5.32 Å². The largest absolute Gasteiger partial charge is 0.370 e. The zero-order valence-electron chi connectivity index (χ0n) is 13.4. The molecule has 6 nitrogen and oxygen atoms in total. The second-order valence-electron chi connectivity index (χ2n) is 5.87. The van der Waals surface area contributed by atoms with Crippen LogP contribution in [-0.2, 0) is 9.59 Å². The van der Waals surface area contributed by atoms with Crippen LogP contribution >= 0.6 is 0 Å². The molecule has 1 unspecified atom stereocenters. The van der Waals surface area contributed by atoms with Crippen molar-refractivity contribution in [3.05, 3.63) is 11.4 Å². The summed E-state index contributed by atoms with van der Waals surface area (Å²) >= 11 is 0. The predicted molar refractivity (Wildman–Crippen MR) is 81.1 cm³/mol. The molecule has 0 bridgehead atoms. The number of carbonyl (C=O) groups excluding carboxylic acids is 2. The molecule has 0 saturated carbocycles. The number of nitrogens with one attached hydrogen (secondary N) is 1. The lowest BCUT2D eigenvalue weighted by Crippen LogP contribution is -2.35. The smallest absolute Gasteiger partial charge is 0.252 e. The molecule has 1 fully saturated rings. The van der Waals surface area contributed by atoms with Gasteiger partial charge in [-0.15, -0.1) is 0 Å². The summed E-state index contributed by atoms with van der Waals surface area (Å²) in [7, 11) is 0. The average molecular weight is 292 g/mol. The van der Waals surface area contributed by atoms with Crippen LogP contribution in [-0.4, -0.2) is 39.1 Å². The van der Waals surface area contributed by atoms with Crippen LogP contribution in [0.1, 0.15) is 51.0 Å². The Labute approximate surface area is 125 Å². The Morgan fingerprint density at radius 2 is 2.00 bits per heavy atom. The number of carbonyl (C=O) groups is 2. The monoisotopic (exact) mass is 292 g/mol. The molecule has 2 heterocycles. The molecule has 1 saturated heterocycles. The number of aromatic nitrogens is 2. The molecular formula is C15H24N4O2. The van der Waals surface area contributed by atoms with Gasteiger partial charge in [0, 0.05) is 12.6 Å². The van der Waals surface area contributed by atoms with E-state index in [0.717, 1.165) is 23.5 Å². The fourth-order valence-corrected chi connectivity index (χ4v) is 2.80. The number of nitrogens with zero attached hydrogens (tertiary/aromatic N) is 3. The summed E-state index contributed by atoms with van der Waals surface area (Å²) in [4.78, 5) is 25.5. The second-order valence-corrected chi connectivity index (χ2v) is 5.87. The molecule has 1 aliphatic heterocycles. The van der Waals surface area contributed by atoms with Crippen molar-refractivity contribution >= 4 is 17.5 Å². The first-order valence-corrected chi connectivity index (χ1v) is 7.53. The molecule has 0 radical (unpaired) electrons. The Kier molecular flexibility index (Phi) is 4.34. The van der Waals surface area contributed by atoms with Gasteiger partial charge in [0.1, 0.15) is 6.04 Å². The molecule has 1 atom stereocenters. The van der Waals surface area contributed by atoms with Gasteiger partial charge >= 0.3 is 0 Å². The van der Waals surface area contributed by atoms with Crippen molar-refractivity contribution in [1.82, 2.24) is 14.7 Å². The van der Waals surface area contributed by atoms with Crippen LogP contribution in [0, 0.1) is 13.8 Å². The van der Waals surface area contributed by atoms with E-state index in [-0.39, 0.29) is 24.3 Å². The highest BCUT2D eigenvalue weighted by Gasteiger charge is 2.38. The maximum absolute atomic E-state index is 12.3. The zero-order chi connectivity index (χ0) is 15.7. The molecule has 1 N–H and O–H groups in total. The van der Waals surface area contributed by atoms with Crippen molar-refractivity contribution in [3.8, 4) is 0 Å². The molecule has 116 valence electrons. The highest BCUT2D eigenvalue weighted by Crippen LogP contribution is 2.26. The highest BCUT2D eigenvalue weighted by molar-refractivity contribution is 6.06. The van der Waals surface area contributed by atoms with E-state index >= 15 is 0 Å². The summed E-state index contributed by atoms with van der Waals surface area (Å²) in [5.74, 6) is -0.219. The average Bonchev–Trinajstić information content (AvgIpc) is 2.84. The van der Waals surface area contributed by atoms with Gasteiger partial charge in [-0.05, 0) is 34.1 Å². The van der Waals surface area contributed by atoms with Gasteiger partial charge in [-0.2, -0.15) is 5.10 Å². The summed E-state index contributed by atoms with van der Waals surface area (Å²) in [5, 5.41) is 7.72. The van der Waals surface area contributed by atoms with Gasteiger partial charge in [0.15, 0.2) is 0 Å². The van der Waals surface area contributed by atoms with E-state index in [1.54, 1.807) is 0 Å². The Morgan fingerprint density at radius 1 is 1.33 bits per heavy atom. The third-order valence-corrected chi connectivity index (χ3v) is 3.82. The maximum atomic E-state index is 12.3. The Morgan fingerprint density at radius 3 is 2.52 bits per heavy atom. The quantitative estimate of drug-likeness (QED) is 0.843. The number of rotatable bonds is 5. The predicted octanol–water partition coefficient (Wildman–Crippen LogP) is 2.03. The lowest BCUT2D eigenvalue weighted by atomic mass is 10.2. The molecular weight excluding hydrogens is 268 g/mol. The van der Waals surface area contributed by atoms with Crippen molar-refractivity contribution in [3.63, 3.8) is 0 Å². The lowest BCUT2D eigenvalue weighted by molar-refractivity contribution is -0.138. The third-order valence-electron chi connectivity index (χ3n) is 3.82. The number of hydrogen-bond donors (Lipinski definition) is 1. The summed E-state index contributed by atoms with van der Waals surface area (Å²) in [6.07, 6.45) is 1.01. The number of aryl methyl sites for hydroxylation is 1. The maximum Gasteiger partial charge on any atom is 0.252 e. The Balaban J connectivity index is 2.20.